The lowest BCUT2D eigenvalue weighted by atomic mass is 10.0. The summed E-state index contributed by atoms with van der Waals surface area (Å²) >= 11 is 6.28. The highest BCUT2D eigenvalue weighted by Gasteiger charge is 2.29. The Kier molecular flexibility index (Phi) is 5.64. The van der Waals surface area contributed by atoms with Crippen LogP contribution in [0.1, 0.15) is 6.42 Å². The van der Waals surface area contributed by atoms with Gasteiger partial charge in [0.15, 0.2) is 15.0 Å². The van der Waals surface area contributed by atoms with Gasteiger partial charge in [0.25, 0.3) is 0 Å². The van der Waals surface area contributed by atoms with Crippen molar-refractivity contribution >= 4 is 43.7 Å². The summed E-state index contributed by atoms with van der Waals surface area (Å²) < 4.78 is 42.9. The normalized spacial score (nSPS) is 17.2. The third-order valence-corrected chi connectivity index (χ3v) is 7.52. The number of aromatic nitrogens is 2. The summed E-state index contributed by atoms with van der Waals surface area (Å²) in [5.74, 6) is 0.439. The number of halogens is 2. The minimum Gasteiger partial charge on any atom is -0.489 e. The molecule has 1 unspecified atom stereocenters. The van der Waals surface area contributed by atoms with Crippen LogP contribution >= 0.6 is 11.6 Å². The van der Waals surface area contributed by atoms with E-state index in [1.807, 2.05) is 24.3 Å². The quantitative estimate of drug-likeness (QED) is 0.383. The monoisotopic (exact) mass is 483 g/mol. The molecule has 1 aliphatic heterocycles. The zero-order valence-corrected chi connectivity index (χ0v) is 18.9. The molecule has 0 amide bonds. The number of hydrogen-bond acceptors (Lipinski definition) is 6. The Morgan fingerprint density at radius 3 is 2.61 bits per heavy atom. The zero-order chi connectivity index (χ0) is 23.0. The van der Waals surface area contributed by atoms with Crippen LogP contribution in [0, 0.1) is 5.82 Å². The molecule has 6 nitrogen and oxygen atoms in total. The lowest BCUT2D eigenvalue weighted by Gasteiger charge is -2.15. The van der Waals surface area contributed by atoms with Crippen molar-refractivity contribution < 1.29 is 17.5 Å². The molecule has 0 spiro atoms. The number of sulfone groups is 1. The van der Waals surface area contributed by atoms with Gasteiger partial charge in [-0.25, -0.2) is 17.8 Å². The largest absolute Gasteiger partial charge is 0.489 e. The Balaban J connectivity index is 1.48. The summed E-state index contributed by atoms with van der Waals surface area (Å²) in [4.78, 5) is 8.68. The third kappa shape index (κ3) is 4.77. The maximum absolute atomic E-state index is 13.2. The van der Waals surface area contributed by atoms with Crippen LogP contribution in [0.4, 0.5) is 15.8 Å². The van der Waals surface area contributed by atoms with Gasteiger partial charge in [0.05, 0.1) is 22.7 Å². The SMILES string of the molecule is O=S1(=O)CCC(Oc2ccnc3ccc(-c4cnc(Cl)c(Nc5ccc(F)cc5)c4)cc23)C1. The van der Waals surface area contributed by atoms with E-state index in [1.165, 1.54) is 12.1 Å². The highest BCUT2D eigenvalue weighted by Crippen LogP contribution is 2.33. The van der Waals surface area contributed by atoms with Gasteiger partial charge in [-0.3, -0.25) is 4.98 Å². The van der Waals surface area contributed by atoms with E-state index < -0.39 is 9.84 Å². The van der Waals surface area contributed by atoms with Crippen LogP contribution in [0.3, 0.4) is 0 Å². The van der Waals surface area contributed by atoms with Crippen molar-refractivity contribution in [3.05, 3.63) is 78.0 Å². The Morgan fingerprint density at radius 2 is 1.85 bits per heavy atom. The smallest absolute Gasteiger partial charge is 0.154 e. The van der Waals surface area contributed by atoms with Crippen LogP contribution in [-0.2, 0) is 9.84 Å². The molecule has 3 heterocycles. The average Bonchev–Trinajstić information content (AvgIpc) is 3.15. The topological polar surface area (TPSA) is 81.2 Å². The highest BCUT2D eigenvalue weighted by molar-refractivity contribution is 7.91. The number of pyridine rings is 2. The van der Waals surface area contributed by atoms with Gasteiger partial charge in [-0.1, -0.05) is 17.7 Å². The first kappa shape index (κ1) is 21.6. The number of nitrogens with zero attached hydrogens (tertiary/aromatic N) is 2. The van der Waals surface area contributed by atoms with Gasteiger partial charge in [-0.2, -0.15) is 0 Å². The van der Waals surface area contributed by atoms with Crippen LogP contribution < -0.4 is 10.1 Å². The van der Waals surface area contributed by atoms with E-state index in [-0.39, 0.29) is 28.6 Å². The summed E-state index contributed by atoms with van der Waals surface area (Å²) in [7, 11) is -3.05. The van der Waals surface area contributed by atoms with E-state index in [9.17, 15) is 12.8 Å². The van der Waals surface area contributed by atoms with Gasteiger partial charge < -0.3 is 10.1 Å². The van der Waals surface area contributed by atoms with Crippen LogP contribution in [0.2, 0.25) is 5.15 Å². The predicted octanol–water partition coefficient (Wildman–Crippen LogP) is 5.40. The van der Waals surface area contributed by atoms with Crippen molar-refractivity contribution in [3.8, 4) is 16.9 Å². The molecule has 4 aromatic rings. The predicted molar refractivity (Wildman–Crippen MR) is 127 cm³/mol. The Hall–Kier alpha value is -3.23. The Bertz CT molecular complexity index is 1450. The molecule has 0 bridgehead atoms. The molecule has 0 saturated carbocycles. The van der Waals surface area contributed by atoms with E-state index >= 15 is 0 Å². The van der Waals surface area contributed by atoms with Gasteiger partial charge in [0, 0.05) is 29.0 Å². The van der Waals surface area contributed by atoms with E-state index in [2.05, 4.69) is 15.3 Å². The molecular formula is C24H19ClFN3O3S. The number of benzene rings is 2. The van der Waals surface area contributed by atoms with E-state index in [0.717, 1.165) is 22.0 Å². The van der Waals surface area contributed by atoms with Gasteiger partial charge in [-0.05, 0) is 60.5 Å². The second-order valence-electron chi connectivity index (χ2n) is 7.88. The zero-order valence-electron chi connectivity index (χ0n) is 17.3. The number of nitrogens with one attached hydrogen (secondary N) is 1. The number of ether oxygens (including phenoxy) is 1. The van der Waals surface area contributed by atoms with Gasteiger partial charge >= 0.3 is 0 Å². The molecule has 2 aromatic heterocycles. The standard InChI is InChI=1S/C24H19ClFN3O3S/c25-24-22(29-18-4-2-17(26)3-5-18)12-16(13-28-24)15-1-6-21-20(11-15)23(7-9-27-21)32-19-8-10-33(30,31)14-19/h1-7,9,11-13,19,29H,8,10,14H2. The van der Waals surface area contributed by atoms with Crippen LogP contribution in [0.25, 0.3) is 22.0 Å². The summed E-state index contributed by atoms with van der Waals surface area (Å²) in [6.45, 7) is 0. The molecule has 0 aliphatic carbocycles. The molecule has 0 radical (unpaired) electrons. The fraction of sp³-hybridized carbons (Fsp3) is 0.167. The second-order valence-corrected chi connectivity index (χ2v) is 10.5. The van der Waals surface area contributed by atoms with Crippen molar-refractivity contribution in [2.75, 3.05) is 16.8 Å². The molecule has 2 aromatic carbocycles. The molecule has 33 heavy (non-hydrogen) atoms. The van der Waals surface area contributed by atoms with Gasteiger partial charge in [0.2, 0.25) is 0 Å². The maximum Gasteiger partial charge on any atom is 0.154 e. The first-order valence-electron chi connectivity index (χ1n) is 10.3. The Morgan fingerprint density at radius 1 is 1.03 bits per heavy atom. The maximum atomic E-state index is 13.2. The minimum atomic E-state index is -3.05. The van der Waals surface area contributed by atoms with E-state index in [4.69, 9.17) is 16.3 Å². The van der Waals surface area contributed by atoms with Gasteiger partial charge in [0.1, 0.15) is 17.7 Å². The number of anilines is 2. The average molecular weight is 484 g/mol. The molecule has 1 fully saturated rings. The summed E-state index contributed by atoms with van der Waals surface area (Å²) in [5.41, 5.74) is 3.68. The third-order valence-electron chi connectivity index (χ3n) is 5.48. The van der Waals surface area contributed by atoms with Crippen LogP contribution in [0.15, 0.2) is 67.0 Å². The molecule has 1 saturated heterocycles. The van der Waals surface area contributed by atoms with Crippen LogP contribution in [-0.4, -0.2) is 36.0 Å². The summed E-state index contributed by atoms with van der Waals surface area (Å²) in [6.07, 6.45) is 3.42. The number of hydrogen-bond donors (Lipinski definition) is 1. The summed E-state index contributed by atoms with van der Waals surface area (Å²) in [6, 6.07) is 15.3. The number of fused-ring (bicyclic) bond motifs is 1. The fourth-order valence-corrected chi connectivity index (χ4v) is 5.56. The molecule has 1 N–H and O–H groups in total. The summed E-state index contributed by atoms with van der Waals surface area (Å²) in [5, 5.41) is 4.23. The Labute approximate surface area is 195 Å². The van der Waals surface area contributed by atoms with Crippen molar-refractivity contribution in [3.63, 3.8) is 0 Å². The molecular weight excluding hydrogens is 465 g/mol. The molecule has 168 valence electrons. The van der Waals surface area contributed by atoms with Gasteiger partial charge in [-0.15, -0.1) is 0 Å². The minimum absolute atomic E-state index is 0.0238. The molecule has 1 aliphatic rings. The first-order valence-corrected chi connectivity index (χ1v) is 12.5. The molecule has 1 atom stereocenters. The highest BCUT2D eigenvalue weighted by atomic mass is 35.5. The van der Waals surface area contributed by atoms with Crippen molar-refractivity contribution in [1.29, 1.82) is 0 Å². The van der Waals surface area contributed by atoms with E-state index in [0.29, 0.717) is 23.5 Å². The second kappa shape index (κ2) is 8.61. The number of rotatable bonds is 5. The fourth-order valence-electron chi connectivity index (χ4n) is 3.82. The van der Waals surface area contributed by atoms with E-state index in [1.54, 1.807) is 30.6 Å². The van der Waals surface area contributed by atoms with Crippen molar-refractivity contribution in [1.82, 2.24) is 9.97 Å². The van der Waals surface area contributed by atoms with Crippen LogP contribution in [0.5, 0.6) is 5.75 Å². The molecule has 5 rings (SSSR count). The van der Waals surface area contributed by atoms with Crippen molar-refractivity contribution in [2.24, 2.45) is 0 Å². The first-order chi connectivity index (χ1) is 15.9. The molecule has 9 heteroatoms. The van der Waals surface area contributed by atoms with Crippen molar-refractivity contribution in [2.45, 2.75) is 12.5 Å². The lowest BCUT2D eigenvalue weighted by molar-refractivity contribution is 0.231. The lowest BCUT2D eigenvalue weighted by Crippen LogP contribution is -2.17.